The molecule has 0 N–H and O–H groups in total. The van der Waals surface area contributed by atoms with Crippen molar-refractivity contribution in [3.05, 3.63) is 12.7 Å². The van der Waals surface area contributed by atoms with Crippen LogP contribution in [0.3, 0.4) is 0 Å². The van der Waals surface area contributed by atoms with E-state index >= 15 is 0 Å². The van der Waals surface area contributed by atoms with Crippen molar-refractivity contribution in [2.24, 2.45) is 0 Å². The molecule has 2 heteroatoms. The molecular formula is C6H11OS+. The highest BCUT2D eigenvalue weighted by Gasteiger charge is 2.11. The van der Waals surface area contributed by atoms with Gasteiger partial charge in [-0.05, 0) is 13.3 Å². The van der Waals surface area contributed by atoms with Gasteiger partial charge in [0.2, 0.25) is 5.25 Å². The highest BCUT2D eigenvalue weighted by atomic mass is 32.1. The molecule has 0 aromatic carbocycles. The SMILES string of the molecule is C=CCCC(C)[S+]=O. The van der Waals surface area contributed by atoms with E-state index in [1.165, 1.54) is 0 Å². The fourth-order valence-corrected chi connectivity index (χ4v) is 0.633. The summed E-state index contributed by atoms with van der Waals surface area (Å²) in [6.45, 7) is 5.49. The second kappa shape index (κ2) is 4.91. The lowest BCUT2D eigenvalue weighted by Gasteiger charge is -1.84. The molecule has 0 aromatic heterocycles. The molecule has 0 saturated carbocycles. The Morgan fingerprint density at radius 1 is 1.88 bits per heavy atom. The van der Waals surface area contributed by atoms with Crippen molar-refractivity contribution < 1.29 is 4.21 Å². The molecule has 1 unspecified atom stereocenters. The van der Waals surface area contributed by atoms with Crippen LogP contribution in [0, 0.1) is 0 Å². The molecule has 46 valence electrons. The van der Waals surface area contributed by atoms with Gasteiger partial charge >= 0.3 is 11.7 Å². The monoisotopic (exact) mass is 131 g/mol. The van der Waals surface area contributed by atoms with Gasteiger partial charge in [0.05, 0.1) is 0 Å². The first-order chi connectivity index (χ1) is 3.81. The Balaban J connectivity index is 3.09. The number of hydrogen-bond acceptors (Lipinski definition) is 1. The molecule has 0 aromatic rings. The first kappa shape index (κ1) is 7.76. The number of allylic oxidation sites excluding steroid dienone is 1. The van der Waals surface area contributed by atoms with E-state index in [0.717, 1.165) is 12.8 Å². The van der Waals surface area contributed by atoms with Crippen LogP contribution in [0.15, 0.2) is 12.7 Å². The Labute approximate surface area is 54.3 Å². The molecule has 0 radical (unpaired) electrons. The Morgan fingerprint density at radius 3 is 2.88 bits per heavy atom. The Morgan fingerprint density at radius 2 is 2.50 bits per heavy atom. The molecule has 0 aliphatic carbocycles. The summed E-state index contributed by atoms with van der Waals surface area (Å²) in [6, 6.07) is 0. The van der Waals surface area contributed by atoms with Gasteiger partial charge in [-0.25, -0.2) is 0 Å². The van der Waals surface area contributed by atoms with Crippen LogP contribution >= 0.6 is 0 Å². The van der Waals surface area contributed by atoms with E-state index in [2.05, 4.69) is 6.58 Å². The van der Waals surface area contributed by atoms with Gasteiger partial charge in [0, 0.05) is 10.6 Å². The van der Waals surface area contributed by atoms with E-state index in [4.69, 9.17) is 0 Å². The van der Waals surface area contributed by atoms with Crippen molar-refractivity contribution in [3.63, 3.8) is 0 Å². The second-order valence-corrected chi connectivity index (χ2v) is 2.77. The lowest BCUT2D eigenvalue weighted by Crippen LogP contribution is -1.96. The third-order valence-corrected chi connectivity index (χ3v) is 1.51. The zero-order chi connectivity index (χ0) is 6.41. The predicted molar refractivity (Wildman–Crippen MR) is 36.9 cm³/mol. The van der Waals surface area contributed by atoms with E-state index in [1.807, 2.05) is 13.0 Å². The fourth-order valence-electron chi connectivity index (χ4n) is 0.401. The summed E-state index contributed by atoms with van der Waals surface area (Å²) in [4.78, 5) is 0. The summed E-state index contributed by atoms with van der Waals surface area (Å²) in [5.41, 5.74) is 0. The van der Waals surface area contributed by atoms with Gasteiger partial charge in [-0.15, -0.1) is 6.58 Å². The van der Waals surface area contributed by atoms with Gasteiger partial charge in [-0.2, -0.15) is 0 Å². The Hall–Kier alpha value is -0.240. The summed E-state index contributed by atoms with van der Waals surface area (Å²) in [5, 5.41) is 0.244. The number of hydrogen-bond donors (Lipinski definition) is 0. The zero-order valence-corrected chi connectivity index (χ0v) is 5.91. The van der Waals surface area contributed by atoms with Gasteiger partial charge < -0.3 is 0 Å². The van der Waals surface area contributed by atoms with Crippen molar-refractivity contribution in [1.82, 2.24) is 0 Å². The minimum Gasteiger partial charge on any atom is -0.103 e. The third kappa shape index (κ3) is 3.93. The largest absolute Gasteiger partial charge is 0.461 e. The van der Waals surface area contributed by atoms with E-state index < -0.39 is 0 Å². The van der Waals surface area contributed by atoms with Crippen LogP contribution in [0.25, 0.3) is 0 Å². The fraction of sp³-hybridized carbons (Fsp3) is 0.667. The normalized spacial score (nSPS) is 12.6. The van der Waals surface area contributed by atoms with Crippen molar-refractivity contribution in [3.8, 4) is 0 Å². The average Bonchev–Trinajstić information content (AvgIpc) is 1.83. The van der Waals surface area contributed by atoms with E-state index in [1.54, 1.807) is 0 Å². The summed E-state index contributed by atoms with van der Waals surface area (Å²) in [5.74, 6) is 0. The quantitative estimate of drug-likeness (QED) is 0.420. The van der Waals surface area contributed by atoms with Gasteiger partial charge in [0.15, 0.2) is 0 Å². The summed E-state index contributed by atoms with van der Waals surface area (Å²) in [6.07, 6.45) is 3.75. The van der Waals surface area contributed by atoms with Crippen LogP contribution in [-0.2, 0) is 15.9 Å². The zero-order valence-electron chi connectivity index (χ0n) is 5.09. The molecule has 8 heavy (non-hydrogen) atoms. The molecule has 0 bridgehead atoms. The summed E-state index contributed by atoms with van der Waals surface area (Å²) in [7, 11) is 0. The Bertz CT molecular complexity index is 80.6. The molecular weight excluding hydrogens is 120 g/mol. The topological polar surface area (TPSA) is 17.1 Å². The molecule has 0 amide bonds. The minimum atomic E-state index is 0.244. The molecule has 0 aliphatic heterocycles. The van der Waals surface area contributed by atoms with Gasteiger partial charge in [0.25, 0.3) is 0 Å². The Kier molecular flexibility index (Phi) is 4.76. The molecule has 0 aliphatic rings. The maximum atomic E-state index is 10.0. The van der Waals surface area contributed by atoms with Crippen molar-refractivity contribution in [2.75, 3.05) is 0 Å². The highest BCUT2D eigenvalue weighted by molar-refractivity contribution is 7.66. The van der Waals surface area contributed by atoms with Crippen LogP contribution in [0.1, 0.15) is 19.8 Å². The third-order valence-electron chi connectivity index (χ3n) is 0.942. The first-order valence-electron chi connectivity index (χ1n) is 2.70. The van der Waals surface area contributed by atoms with Crippen molar-refractivity contribution in [1.29, 1.82) is 0 Å². The van der Waals surface area contributed by atoms with E-state index in [9.17, 15) is 4.21 Å². The average molecular weight is 131 g/mol. The summed E-state index contributed by atoms with van der Waals surface area (Å²) < 4.78 is 10.0. The van der Waals surface area contributed by atoms with Gasteiger partial charge in [-0.3, -0.25) is 0 Å². The number of rotatable bonds is 4. The minimum absolute atomic E-state index is 0.244. The molecule has 0 rings (SSSR count). The smallest absolute Gasteiger partial charge is 0.103 e. The van der Waals surface area contributed by atoms with Crippen molar-refractivity contribution >= 4 is 11.7 Å². The van der Waals surface area contributed by atoms with Crippen LogP contribution in [0.5, 0.6) is 0 Å². The first-order valence-corrected chi connectivity index (χ1v) is 3.51. The predicted octanol–water partition coefficient (Wildman–Crippen LogP) is 1.77. The standard InChI is InChI=1S/C6H11OS/c1-3-4-5-6(2)8-7/h3,6H,1,4-5H2,2H3/q+1. The lowest BCUT2D eigenvalue weighted by molar-refractivity contribution is 0.596. The van der Waals surface area contributed by atoms with Crippen LogP contribution in [-0.4, -0.2) is 5.25 Å². The van der Waals surface area contributed by atoms with E-state index in [0.29, 0.717) is 11.7 Å². The molecule has 1 atom stereocenters. The van der Waals surface area contributed by atoms with Gasteiger partial charge in [0.1, 0.15) is 0 Å². The van der Waals surface area contributed by atoms with Gasteiger partial charge in [-0.1, -0.05) is 6.08 Å². The van der Waals surface area contributed by atoms with Crippen LogP contribution < -0.4 is 0 Å². The molecule has 0 saturated heterocycles. The van der Waals surface area contributed by atoms with Crippen molar-refractivity contribution in [2.45, 2.75) is 25.0 Å². The van der Waals surface area contributed by atoms with E-state index in [-0.39, 0.29) is 5.25 Å². The van der Waals surface area contributed by atoms with Crippen LogP contribution in [0.4, 0.5) is 0 Å². The maximum Gasteiger partial charge on any atom is 0.461 e. The highest BCUT2D eigenvalue weighted by Crippen LogP contribution is 1.97. The summed E-state index contributed by atoms with van der Waals surface area (Å²) >= 11 is 0.667. The van der Waals surface area contributed by atoms with Crippen LogP contribution in [0.2, 0.25) is 0 Å². The molecule has 0 heterocycles. The maximum absolute atomic E-state index is 10.0. The second-order valence-electron chi connectivity index (χ2n) is 1.77. The molecule has 1 nitrogen and oxygen atoms in total. The lowest BCUT2D eigenvalue weighted by atomic mass is 10.2. The molecule has 0 fully saturated rings. The molecule has 0 spiro atoms.